The molecule has 0 aliphatic heterocycles. The molecule has 0 atom stereocenters. The van der Waals surface area contributed by atoms with E-state index in [1.165, 1.54) is 0 Å². The van der Waals surface area contributed by atoms with E-state index < -0.39 is 0 Å². The summed E-state index contributed by atoms with van der Waals surface area (Å²) in [6.07, 6.45) is 0.823. The first-order chi connectivity index (χ1) is 7.24. The summed E-state index contributed by atoms with van der Waals surface area (Å²) in [6.45, 7) is 2.04. The molecule has 0 spiro atoms. The fraction of sp³-hybridized carbons (Fsp3) is 0.200. The lowest BCUT2D eigenvalue weighted by molar-refractivity contribution is 0.764. The molecule has 0 radical (unpaired) electrons. The van der Waals surface area contributed by atoms with E-state index in [1.54, 1.807) is 4.68 Å². The Morgan fingerprint density at radius 2 is 2.13 bits per heavy atom. The van der Waals surface area contributed by atoms with Crippen LogP contribution in [0.15, 0.2) is 24.3 Å². The van der Waals surface area contributed by atoms with E-state index in [4.69, 9.17) is 5.73 Å². The van der Waals surface area contributed by atoms with Crippen LogP contribution < -0.4 is 5.73 Å². The van der Waals surface area contributed by atoms with E-state index in [2.05, 4.69) is 32.9 Å². The zero-order valence-electron chi connectivity index (χ0n) is 8.31. The number of nitrogen functional groups attached to an aromatic ring is 1. The SMILES string of the molecule is CCc1c(N)nnn1-c1ccccc1I. The normalized spacial score (nSPS) is 10.5. The van der Waals surface area contributed by atoms with Gasteiger partial charge in [0.05, 0.1) is 11.4 Å². The highest BCUT2D eigenvalue weighted by Crippen LogP contribution is 2.19. The number of para-hydroxylation sites is 1. The first kappa shape index (κ1) is 10.4. The number of rotatable bonds is 2. The molecular formula is C10H11IN4. The Balaban J connectivity index is 2.59. The molecule has 0 aliphatic rings. The number of hydrogen-bond acceptors (Lipinski definition) is 3. The van der Waals surface area contributed by atoms with Crippen LogP contribution in [-0.4, -0.2) is 15.0 Å². The second-order valence-corrected chi connectivity index (χ2v) is 4.30. The first-order valence-electron chi connectivity index (χ1n) is 4.69. The molecule has 2 N–H and O–H groups in total. The molecule has 1 aromatic carbocycles. The molecule has 0 bridgehead atoms. The Kier molecular flexibility index (Phi) is 2.90. The van der Waals surface area contributed by atoms with E-state index >= 15 is 0 Å². The molecule has 0 saturated carbocycles. The van der Waals surface area contributed by atoms with Gasteiger partial charge in [0.2, 0.25) is 0 Å². The predicted octanol–water partition coefficient (Wildman–Crippen LogP) is 2.02. The summed E-state index contributed by atoms with van der Waals surface area (Å²) < 4.78 is 2.94. The summed E-state index contributed by atoms with van der Waals surface area (Å²) in [5, 5.41) is 7.95. The predicted molar refractivity (Wildman–Crippen MR) is 67.9 cm³/mol. The van der Waals surface area contributed by atoms with Crippen molar-refractivity contribution in [2.24, 2.45) is 0 Å². The maximum Gasteiger partial charge on any atom is 0.169 e. The number of nitrogens with zero attached hydrogens (tertiary/aromatic N) is 3. The van der Waals surface area contributed by atoms with Crippen molar-refractivity contribution < 1.29 is 0 Å². The van der Waals surface area contributed by atoms with Gasteiger partial charge in [0.25, 0.3) is 0 Å². The van der Waals surface area contributed by atoms with Crippen molar-refractivity contribution in [3.63, 3.8) is 0 Å². The van der Waals surface area contributed by atoms with Gasteiger partial charge < -0.3 is 5.73 Å². The summed E-state index contributed by atoms with van der Waals surface area (Å²) in [7, 11) is 0. The van der Waals surface area contributed by atoms with E-state index in [-0.39, 0.29) is 0 Å². The standard InChI is InChI=1S/C10H11IN4/c1-2-8-10(12)13-14-15(8)9-6-4-3-5-7(9)11/h3-6H,2,12H2,1H3. The number of aromatic nitrogens is 3. The third kappa shape index (κ3) is 1.83. The lowest BCUT2D eigenvalue weighted by Gasteiger charge is -2.06. The lowest BCUT2D eigenvalue weighted by atomic mass is 10.3. The monoisotopic (exact) mass is 314 g/mol. The van der Waals surface area contributed by atoms with Gasteiger partial charge in [-0.1, -0.05) is 24.3 Å². The van der Waals surface area contributed by atoms with Gasteiger partial charge in [-0.05, 0) is 41.1 Å². The van der Waals surface area contributed by atoms with Crippen LogP contribution in [0.3, 0.4) is 0 Å². The Labute approximate surface area is 102 Å². The number of halogens is 1. The number of anilines is 1. The Hall–Kier alpha value is -1.11. The fourth-order valence-corrected chi connectivity index (χ4v) is 2.08. The molecule has 4 nitrogen and oxygen atoms in total. The number of hydrogen-bond donors (Lipinski definition) is 1. The fourth-order valence-electron chi connectivity index (χ4n) is 1.46. The van der Waals surface area contributed by atoms with Crippen molar-refractivity contribution in [1.29, 1.82) is 0 Å². The Morgan fingerprint density at radius 3 is 2.80 bits per heavy atom. The van der Waals surface area contributed by atoms with Crippen LogP contribution >= 0.6 is 22.6 Å². The summed E-state index contributed by atoms with van der Waals surface area (Å²) in [5.41, 5.74) is 7.73. The summed E-state index contributed by atoms with van der Waals surface area (Å²) >= 11 is 2.28. The zero-order chi connectivity index (χ0) is 10.8. The van der Waals surface area contributed by atoms with Gasteiger partial charge in [0.15, 0.2) is 5.82 Å². The minimum atomic E-state index is 0.511. The van der Waals surface area contributed by atoms with Gasteiger partial charge in [0, 0.05) is 3.57 Å². The van der Waals surface area contributed by atoms with Crippen molar-refractivity contribution in [3.05, 3.63) is 33.5 Å². The maximum atomic E-state index is 5.74. The average molecular weight is 314 g/mol. The lowest BCUT2D eigenvalue weighted by Crippen LogP contribution is -2.04. The molecule has 0 fully saturated rings. The molecule has 0 aliphatic carbocycles. The Bertz CT molecular complexity index is 478. The summed E-state index contributed by atoms with van der Waals surface area (Å²) in [6, 6.07) is 8.02. The van der Waals surface area contributed by atoms with Crippen LogP contribution in [0.1, 0.15) is 12.6 Å². The molecule has 78 valence electrons. The highest BCUT2D eigenvalue weighted by Gasteiger charge is 2.11. The zero-order valence-corrected chi connectivity index (χ0v) is 10.5. The largest absolute Gasteiger partial charge is 0.381 e. The van der Waals surface area contributed by atoms with Gasteiger partial charge in [0.1, 0.15) is 0 Å². The van der Waals surface area contributed by atoms with Crippen LogP contribution in [0.5, 0.6) is 0 Å². The van der Waals surface area contributed by atoms with Crippen molar-refractivity contribution in [3.8, 4) is 5.69 Å². The third-order valence-electron chi connectivity index (χ3n) is 2.21. The highest BCUT2D eigenvalue weighted by atomic mass is 127. The van der Waals surface area contributed by atoms with Gasteiger partial charge in [-0.25, -0.2) is 4.68 Å². The van der Waals surface area contributed by atoms with Crippen molar-refractivity contribution in [2.75, 3.05) is 5.73 Å². The van der Waals surface area contributed by atoms with E-state index in [9.17, 15) is 0 Å². The smallest absolute Gasteiger partial charge is 0.169 e. The number of nitrogens with two attached hydrogens (primary N) is 1. The highest BCUT2D eigenvalue weighted by molar-refractivity contribution is 14.1. The van der Waals surface area contributed by atoms with Gasteiger partial charge >= 0.3 is 0 Å². The van der Waals surface area contributed by atoms with Crippen molar-refractivity contribution in [2.45, 2.75) is 13.3 Å². The van der Waals surface area contributed by atoms with Gasteiger partial charge in [-0.15, -0.1) is 5.10 Å². The van der Waals surface area contributed by atoms with E-state index in [1.807, 2.05) is 31.2 Å². The molecule has 1 aromatic heterocycles. The van der Waals surface area contributed by atoms with Gasteiger partial charge in [-0.3, -0.25) is 0 Å². The second-order valence-electron chi connectivity index (χ2n) is 3.14. The quantitative estimate of drug-likeness (QED) is 0.863. The van der Waals surface area contributed by atoms with Crippen LogP contribution in [0.25, 0.3) is 5.69 Å². The van der Waals surface area contributed by atoms with Crippen LogP contribution in [-0.2, 0) is 6.42 Å². The average Bonchev–Trinajstić information content (AvgIpc) is 2.60. The number of benzene rings is 1. The molecule has 0 saturated heterocycles. The Morgan fingerprint density at radius 1 is 1.40 bits per heavy atom. The maximum absolute atomic E-state index is 5.74. The van der Waals surface area contributed by atoms with Crippen LogP contribution in [0.4, 0.5) is 5.82 Å². The van der Waals surface area contributed by atoms with Crippen LogP contribution in [0, 0.1) is 3.57 Å². The molecule has 0 unspecified atom stereocenters. The minimum Gasteiger partial charge on any atom is -0.381 e. The minimum absolute atomic E-state index is 0.511. The topological polar surface area (TPSA) is 56.7 Å². The molecule has 2 rings (SSSR count). The van der Waals surface area contributed by atoms with Gasteiger partial charge in [-0.2, -0.15) is 0 Å². The second kappa shape index (κ2) is 4.18. The molecule has 0 amide bonds. The molecule has 1 heterocycles. The summed E-state index contributed by atoms with van der Waals surface area (Å²) in [5.74, 6) is 0.511. The molecule has 2 aromatic rings. The molecule has 15 heavy (non-hydrogen) atoms. The van der Waals surface area contributed by atoms with Crippen LogP contribution in [0.2, 0.25) is 0 Å². The third-order valence-corrected chi connectivity index (χ3v) is 3.12. The molecule has 5 heteroatoms. The van der Waals surface area contributed by atoms with E-state index in [0.29, 0.717) is 5.82 Å². The summed E-state index contributed by atoms with van der Waals surface area (Å²) in [4.78, 5) is 0. The van der Waals surface area contributed by atoms with Crippen molar-refractivity contribution >= 4 is 28.4 Å². The van der Waals surface area contributed by atoms with E-state index in [0.717, 1.165) is 21.4 Å². The van der Waals surface area contributed by atoms with Crippen molar-refractivity contribution in [1.82, 2.24) is 15.0 Å². The first-order valence-corrected chi connectivity index (χ1v) is 5.77. The molecular weight excluding hydrogens is 303 g/mol.